The highest BCUT2D eigenvalue weighted by molar-refractivity contribution is 5.73. The monoisotopic (exact) mass is 320 g/mol. The van der Waals surface area contributed by atoms with Crippen molar-refractivity contribution in [1.29, 1.82) is 0 Å². The molecule has 2 heterocycles. The fourth-order valence-electron chi connectivity index (χ4n) is 2.75. The van der Waals surface area contributed by atoms with Gasteiger partial charge in [0.05, 0.1) is 18.3 Å². The number of hydrogen-bond acceptors (Lipinski definition) is 4. The molecule has 0 radical (unpaired) electrons. The van der Waals surface area contributed by atoms with Gasteiger partial charge in [0.25, 0.3) is 0 Å². The second kappa shape index (κ2) is 8.84. The zero-order valence-electron chi connectivity index (χ0n) is 14.1. The Morgan fingerprint density at radius 1 is 1.43 bits per heavy atom. The maximum Gasteiger partial charge on any atom is 0.315 e. The number of aliphatic hydroxyl groups is 1. The lowest BCUT2D eigenvalue weighted by molar-refractivity contribution is 0.0920. The van der Waals surface area contributed by atoms with Crippen LogP contribution in [0.2, 0.25) is 0 Å². The van der Waals surface area contributed by atoms with Gasteiger partial charge in [-0.1, -0.05) is 13.0 Å². The molecule has 0 saturated carbocycles. The van der Waals surface area contributed by atoms with Crippen LogP contribution in [0.5, 0.6) is 0 Å². The Labute approximate surface area is 138 Å². The normalized spacial score (nSPS) is 17.7. The third-order valence-corrected chi connectivity index (χ3v) is 4.38. The van der Waals surface area contributed by atoms with Crippen molar-refractivity contribution in [2.24, 2.45) is 5.92 Å². The highest BCUT2D eigenvalue weighted by Crippen LogP contribution is 2.15. The standard InChI is InChI=1S/C17H28N4O2/c1-13-5-8-21(9-6-13)12-15(22)10-19-17(23)20-11-16-14(2)4-3-7-18-16/h3-4,7,13,15,22H,5-6,8-12H2,1-2H3,(H2,19,20,23). The number of pyridine rings is 1. The van der Waals surface area contributed by atoms with E-state index in [9.17, 15) is 9.90 Å². The molecule has 1 aliphatic rings. The minimum absolute atomic E-state index is 0.263. The Bertz CT molecular complexity index is 501. The van der Waals surface area contributed by atoms with E-state index in [2.05, 4.69) is 27.4 Å². The summed E-state index contributed by atoms with van der Waals surface area (Å²) < 4.78 is 0. The first kappa shape index (κ1) is 17.7. The minimum Gasteiger partial charge on any atom is -0.390 e. The molecule has 2 amide bonds. The van der Waals surface area contributed by atoms with E-state index in [1.54, 1.807) is 6.20 Å². The van der Waals surface area contributed by atoms with E-state index in [1.165, 1.54) is 12.8 Å². The number of carbonyl (C=O) groups excluding carboxylic acids is 1. The average Bonchev–Trinajstić information content (AvgIpc) is 2.54. The number of likely N-dealkylation sites (tertiary alicyclic amines) is 1. The number of rotatable bonds is 6. The molecule has 6 heteroatoms. The van der Waals surface area contributed by atoms with Gasteiger partial charge in [-0.2, -0.15) is 0 Å². The second-order valence-electron chi connectivity index (χ2n) is 6.47. The first-order chi connectivity index (χ1) is 11.0. The molecule has 0 bridgehead atoms. The van der Waals surface area contributed by atoms with Crippen LogP contribution in [0.1, 0.15) is 31.0 Å². The predicted molar refractivity (Wildman–Crippen MR) is 90.1 cm³/mol. The van der Waals surface area contributed by atoms with E-state index >= 15 is 0 Å². The quantitative estimate of drug-likeness (QED) is 0.738. The molecule has 1 aromatic rings. The number of carbonyl (C=O) groups is 1. The number of nitrogens with one attached hydrogen (secondary N) is 2. The van der Waals surface area contributed by atoms with Gasteiger partial charge in [0.2, 0.25) is 0 Å². The highest BCUT2D eigenvalue weighted by Gasteiger charge is 2.18. The van der Waals surface area contributed by atoms with Crippen LogP contribution in [0, 0.1) is 12.8 Å². The molecule has 1 atom stereocenters. The first-order valence-corrected chi connectivity index (χ1v) is 8.37. The Balaban J connectivity index is 1.63. The molecule has 0 aliphatic carbocycles. The lowest BCUT2D eigenvalue weighted by Gasteiger charge is -2.31. The third kappa shape index (κ3) is 6.15. The number of urea groups is 1. The smallest absolute Gasteiger partial charge is 0.315 e. The fourth-order valence-corrected chi connectivity index (χ4v) is 2.75. The number of β-amino-alcohol motifs (C(OH)–C–C–N with tert-alkyl or cyclic N) is 1. The van der Waals surface area contributed by atoms with Crippen LogP contribution < -0.4 is 10.6 Å². The number of aliphatic hydroxyl groups excluding tert-OH is 1. The van der Waals surface area contributed by atoms with Crippen molar-refractivity contribution in [1.82, 2.24) is 20.5 Å². The maximum atomic E-state index is 11.8. The van der Waals surface area contributed by atoms with Crippen LogP contribution in [0.15, 0.2) is 18.3 Å². The molecule has 1 fully saturated rings. The SMILES string of the molecule is Cc1cccnc1CNC(=O)NCC(O)CN1CCC(C)CC1. The van der Waals surface area contributed by atoms with Gasteiger partial charge in [-0.15, -0.1) is 0 Å². The predicted octanol–water partition coefficient (Wildman–Crippen LogP) is 1.28. The van der Waals surface area contributed by atoms with Crippen molar-refractivity contribution >= 4 is 6.03 Å². The Hall–Kier alpha value is -1.66. The largest absolute Gasteiger partial charge is 0.390 e. The van der Waals surface area contributed by atoms with E-state index < -0.39 is 6.10 Å². The summed E-state index contributed by atoms with van der Waals surface area (Å²) in [5.74, 6) is 0.780. The molecule has 3 N–H and O–H groups in total. The topological polar surface area (TPSA) is 77.5 Å². The molecule has 1 saturated heterocycles. The van der Waals surface area contributed by atoms with E-state index in [1.807, 2.05) is 19.1 Å². The van der Waals surface area contributed by atoms with E-state index in [4.69, 9.17) is 0 Å². The van der Waals surface area contributed by atoms with E-state index in [0.29, 0.717) is 13.1 Å². The Morgan fingerprint density at radius 2 is 2.17 bits per heavy atom. The summed E-state index contributed by atoms with van der Waals surface area (Å²) in [6.07, 6.45) is 3.55. The van der Waals surface area contributed by atoms with E-state index in [0.717, 1.165) is 30.3 Å². The summed E-state index contributed by atoms with van der Waals surface area (Å²) in [5.41, 5.74) is 1.90. The average molecular weight is 320 g/mol. The summed E-state index contributed by atoms with van der Waals surface area (Å²) in [7, 11) is 0. The van der Waals surface area contributed by atoms with Gasteiger partial charge in [-0.3, -0.25) is 4.98 Å². The maximum absolute atomic E-state index is 11.8. The molecular formula is C17H28N4O2. The Morgan fingerprint density at radius 3 is 2.87 bits per heavy atom. The molecule has 0 spiro atoms. The number of piperidine rings is 1. The van der Waals surface area contributed by atoms with E-state index in [-0.39, 0.29) is 12.6 Å². The van der Waals surface area contributed by atoms with Gasteiger partial charge in [0.15, 0.2) is 0 Å². The van der Waals surface area contributed by atoms with Crippen LogP contribution in [-0.4, -0.2) is 53.3 Å². The number of aromatic nitrogens is 1. The van der Waals surface area contributed by atoms with Gasteiger partial charge in [0, 0.05) is 19.3 Å². The molecule has 0 aromatic carbocycles. The van der Waals surface area contributed by atoms with Crippen LogP contribution >= 0.6 is 0 Å². The van der Waals surface area contributed by atoms with Crippen LogP contribution in [-0.2, 0) is 6.54 Å². The summed E-state index contributed by atoms with van der Waals surface area (Å²) in [5, 5.41) is 15.5. The zero-order valence-corrected chi connectivity index (χ0v) is 14.1. The minimum atomic E-state index is -0.536. The molecule has 1 aliphatic heterocycles. The van der Waals surface area contributed by atoms with Crippen molar-refractivity contribution < 1.29 is 9.90 Å². The number of hydrogen-bond donors (Lipinski definition) is 3. The lowest BCUT2D eigenvalue weighted by atomic mass is 9.99. The molecule has 1 unspecified atom stereocenters. The van der Waals surface area contributed by atoms with Crippen LogP contribution in [0.3, 0.4) is 0 Å². The summed E-state index contributed by atoms with van der Waals surface area (Å²) in [6, 6.07) is 3.56. The van der Waals surface area contributed by atoms with Crippen molar-refractivity contribution in [3.8, 4) is 0 Å². The molecule has 2 rings (SSSR count). The molecule has 6 nitrogen and oxygen atoms in total. The summed E-state index contributed by atoms with van der Waals surface area (Å²) in [4.78, 5) is 18.3. The van der Waals surface area contributed by atoms with Crippen molar-refractivity contribution in [2.75, 3.05) is 26.2 Å². The van der Waals surface area contributed by atoms with Crippen molar-refractivity contribution in [3.63, 3.8) is 0 Å². The third-order valence-electron chi connectivity index (χ3n) is 4.38. The molecule has 128 valence electrons. The van der Waals surface area contributed by atoms with Gasteiger partial charge >= 0.3 is 6.03 Å². The lowest BCUT2D eigenvalue weighted by Crippen LogP contribution is -2.45. The van der Waals surface area contributed by atoms with Gasteiger partial charge in [-0.05, 0) is 50.4 Å². The summed E-state index contributed by atoms with van der Waals surface area (Å²) in [6.45, 7) is 7.56. The van der Waals surface area contributed by atoms with Crippen molar-refractivity contribution in [3.05, 3.63) is 29.6 Å². The highest BCUT2D eigenvalue weighted by atomic mass is 16.3. The van der Waals surface area contributed by atoms with Gasteiger partial charge in [0.1, 0.15) is 0 Å². The fraction of sp³-hybridized carbons (Fsp3) is 0.647. The van der Waals surface area contributed by atoms with Crippen LogP contribution in [0.25, 0.3) is 0 Å². The second-order valence-corrected chi connectivity index (χ2v) is 6.47. The Kier molecular flexibility index (Phi) is 6.80. The van der Waals surface area contributed by atoms with Gasteiger partial charge in [-0.25, -0.2) is 4.79 Å². The number of amides is 2. The van der Waals surface area contributed by atoms with Gasteiger partial charge < -0.3 is 20.6 Å². The van der Waals surface area contributed by atoms with Crippen LogP contribution in [0.4, 0.5) is 4.79 Å². The first-order valence-electron chi connectivity index (χ1n) is 8.37. The molecule has 23 heavy (non-hydrogen) atoms. The zero-order chi connectivity index (χ0) is 16.7. The number of nitrogens with zero attached hydrogens (tertiary/aromatic N) is 2. The van der Waals surface area contributed by atoms with Crippen molar-refractivity contribution in [2.45, 2.75) is 39.3 Å². The summed E-state index contributed by atoms with van der Waals surface area (Å²) >= 11 is 0. The number of aryl methyl sites for hydroxylation is 1. The molecular weight excluding hydrogens is 292 g/mol. The molecule has 1 aromatic heterocycles.